The topological polar surface area (TPSA) is 48.1 Å². The van der Waals surface area contributed by atoms with E-state index in [9.17, 15) is 4.79 Å². The van der Waals surface area contributed by atoms with E-state index in [1.54, 1.807) is 0 Å². The van der Waals surface area contributed by atoms with Crippen LogP contribution in [0.5, 0.6) is 0 Å². The molecule has 0 radical (unpaired) electrons. The highest BCUT2D eigenvalue weighted by Gasteiger charge is 2.14. The predicted molar refractivity (Wildman–Crippen MR) is 80.6 cm³/mol. The Balaban J connectivity index is 1.59. The lowest BCUT2D eigenvalue weighted by molar-refractivity contribution is 0.199. The van der Waals surface area contributed by atoms with Crippen LogP contribution in [0.15, 0.2) is 30.3 Å². The maximum absolute atomic E-state index is 12.1. The predicted octanol–water partition coefficient (Wildman–Crippen LogP) is 3.25. The highest BCUT2D eigenvalue weighted by molar-refractivity contribution is 5.80. The van der Waals surface area contributed by atoms with Gasteiger partial charge in [-0.25, -0.2) is 4.79 Å². The van der Waals surface area contributed by atoms with Gasteiger partial charge in [0.2, 0.25) is 0 Å². The molecule has 1 fully saturated rings. The number of carbonyl (C=O) groups excluding carboxylic acids is 1. The van der Waals surface area contributed by atoms with Crippen molar-refractivity contribution in [3.63, 3.8) is 0 Å². The average Bonchev–Trinajstić information content (AvgIpc) is 2.69. The number of amides is 2. The minimum absolute atomic E-state index is 0.0607. The van der Waals surface area contributed by atoms with Crippen LogP contribution in [0, 0.1) is 0 Å². The van der Waals surface area contributed by atoms with Gasteiger partial charge in [0.1, 0.15) is 0 Å². The largest absolute Gasteiger partial charge is 0.357 e. The zero-order valence-corrected chi connectivity index (χ0v) is 11.7. The first-order valence-electron chi connectivity index (χ1n) is 7.42. The Morgan fingerprint density at radius 2 is 1.90 bits per heavy atom. The van der Waals surface area contributed by atoms with Crippen molar-refractivity contribution in [1.82, 2.24) is 15.2 Å². The first-order chi connectivity index (χ1) is 9.83. The standard InChI is InChI=1S/C16H21N3O/c20-16(19-9-5-1-2-6-10-19)17-12-14-11-13-7-3-4-8-15(13)18-14/h3-4,7-8,11,18H,1-2,5-6,9-10,12H2,(H,17,20). The zero-order valence-electron chi connectivity index (χ0n) is 11.7. The Hall–Kier alpha value is -1.97. The fraction of sp³-hybridized carbons (Fsp3) is 0.438. The molecule has 1 aliphatic rings. The number of nitrogens with one attached hydrogen (secondary N) is 2. The second-order valence-corrected chi connectivity index (χ2v) is 5.44. The van der Waals surface area contributed by atoms with Crippen LogP contribution >= 0.6 is 0 Å². The molecule has 2 N–H and O–H groups in total. The Kier molecular flexibility index (Phi) is 3.90. The van der Waals surface area contributed by atoms with Gasteiger partial charge in [-0.3, -0.25) is 0 Å². The molecule has 2 heterocycles. The van der Waals surface area contributed by atoms with Crippen LogP contribution in [0.25, 0.3) is 10.9 Å². The van der Waals surface area contributed by atoms with Crippen molar-refractivity contribution in [3.8, 4) is 0 Å². The first kappa shape index (κ1) is 13.0. The van der Waals surface area contributed by atoms with Gasteiger partial charge in [-0.2, -0.15) is 0 Å². The summed E-state index contributed by atoms with van der Waals surface area (Å²) in [6.45, 7) is 2.33. The molecule has 4 heteroatoms. The number of carbonyl (C=O) groups is 1. The van der Waals surface area contributed by atoms with E-state index in [-0.39, 0.29) is 6.03 Å². The van der Waals surface area contributed by atoms with E-state index in [0.29, 0.717) is 6.54 Å². The van der Waals surface area contributed by atoms with Crippen LogP contribution in [0.3, 0.4) is 0 Å². The third-order valence-corrected chi connectivity index (χ3v) is 3.91. The maximum Gasteiger partial charge on any atom is 0.317 e. The Morgan fingerprint density at radius 3 is 2.65 bits per heavy atom. The van der Waals surface area contributed by atoms with Crippen LogP contribution in [-0.2, 0) is 6.54 Å². The summed E-state index contributed by atoms with van der Waals surface area (Å²) in [6.07, 6.45) is 4.73. The van der Waals surface area contributed by atoms with E-state index in [1.807, 2.05) is 17.0 Å². The van der Waals surface area contributed by atoms with E-state index in [2.05, 4.69) is 28.5 Å². The number of hydrogen-bond acceptors (Lipinski definition) is 1. The summed E-state index contributed by atoms with van der Waals surface area (Å²) >= 11 is 0. The molecular formula is C16H21N3O. The third-order valence-electron chi connectivity index (χ3n) is 3.91. The van der Waals surface area contributed by atoms with Crippen molar-refractivity contribution in [2.75, 3.05) is 13.1 Å². The fourth-order valence-corrected chi connectivity index (χ4v) is 2.79. The second-order valence-electron chi connectivity index (χ2n) is 5.44. The lowest BCUT2D eigenvalue weighted by Crippen LogP contribution is -2.40. The van der Waals surface area contributed by atoms with Crippen molar-refractivity contribution in [2.24, 2.45) is 0 Å². The van der Waals surface area contributed by atoms with Crippen LogP contribution in [-0.4, -0.2) is 29.0 Å². The highest BCUT2D eigenvalue weighted by Crippen LogP contribution is 2.14. The van der Waals surface area contributed by atoms with E-state index in [0.717, 1.165) is 37.1 Å². The lowest BCUT2D eigenvalue weighted by atomic mass is 10.2. The molecule has 0 aliphatic carbocycles. The number of rotatable bonds is 2. The number of likely N-dealkylation sites (tertiary alicyclic amines) is 1. The van der Waals surface area contributed by atoms with Crippen molar-refractivity contribution >= 4 is 16.9 Å². The summed E-state index contributed by atoms with van der Waals surface area (Å²) in [7, 11) is 0. The Bertz CT molecular complexity index is 549. The summed E-state index contributed by atoms with van der Waals surface area (Å²) in [4.78, 5) is 17.4. The number of H-pyrrole nitrogens is 1. The van der Waals surface area contributed by atoms with Gasteiger partial charge in [0.15, 0.2) is 0 Å². The molecule has 1 saturated heterocycles. The number of para-hydroxylation sites is 1. The second kappa shape index (κ2) is 5.99. The van der Waals surface area contributed by atoms with Gasteiger partial charge < -0.3 is 15.2 Å². The minimum atomic E-state index is 0.0607. The smallest absolute Gasteiger partial charge is 0.317 e. The van der Waals surface area contributed by atoms with Gasteiger partial charge in [0.05, 0.1) is 6.54 Å². The van der Waals surface area contributed by atoms with E-state index in [1.165, 1.54) is 18.2 Å². The number of fused-ring (bicyclic) bond motifs is 1. The van der Waals surface area contributed by atoms with Crippen molar-refractivity contribution in [3.05, 3.63) is 36.0 Å². The monoisotopic (exact) mass is 271 g/mol. The molecule has 0 spiro atoms. The molecule has 0 atom stereocenters. The number of aromatic nitrogens is 1. The fourth-order valence-electron chi connectivity index (χ4n) is 2.79. The van der Waals surface area contributed by atoms with Gasteiger partial charge >= 0.3 is 6.03 Å². The summed E-state index contributed by atoms with van der Waals surface area (Å²) in [5.74, 6) is 0. The number of urea groups is 1. The van der Waals surface area contributed by atoms with Crippen molar-refractivity contribution in [1.29, 1.82) is 0 Å². The van der Waals surface area contributed by atoms with Crippen molar-refractivity contribution in [2.45, 2.75) is 32.2 Å². The summed E-state index contributed by atoms with van der Waals surface area (Å²) < 4.78 is 0. The van der Waals surface area contributed by atoms with Gasteiger partial charge in [0, 0.05) is 24.3 Å². The molecule has 1 aromatic carbocycles. The molecule has 2 amide bonds. The van der Waals surface area contributed by atoms with Crippen LogP contribution < -0.4 is 5.32 Å². The van der Waals surface area contributed by atoms with E-state index in [4.69, 9.17) is 0 Å². The molecule has 0 unspecified atom stereocenters. The molecule has 0 bridgehead atoms. The van der Waals surface area contributed by atoms with Crippen LogP contribution in [0.4, 0.5) is 4.79 Å². The van der Waals surface area contributed by atoms with Crippen LogP contribution in [0.2, 0.25) is 0 Å². The van der Waals surface area contributed by atoms with Crippen LogP contribution in [0.1, 0.15) is 31.4 Å². The molecule has 1 aliphatic heterocycles. The van der Waals surface area contributed by atoms with Gasteiger partial charge in [0.25, 0.3) is 0 Å². The average molecular weight is 271 g/mol. The maximum atomic E-state index is 12.1. The third kappa shape index (κ3) is 2.95. The molecule has 106 valence electrons. The first-order valence-corrected chi connectivity index (χ1v) is 7.42. The van der Waals surface area contributed by atoms with Crippen molar-refractivity contribution < 1.29 is 4.79 Å². The molecule has 3 rings (SSSR count). The molecule has 0 saturated carbocycles. The summed E-state index contributed by atoms with van der Waals surface area (Å²) in [5, 5.41) is 4.20. The highest BCUT2D eigenvalue weighted by atomic mass is 16.2. The number of aromatic amines is 1. The Labute approximate surface area is 119 Å². The molecule has 20 heavy (non-hydrogen) atoms. The number of hydrogen-bond donors (Lipinski definition) is 2. The molecular weight excluding hydrogens is 250 g/mol. The van der Waals surface area contributed by atoms with E-state index < -0.39 is 0 Å². The van der Waals surface area contributed by atoms with E-state index >= 15 is 0 Å². The minimum Gasteiger partial charge on any atom is -0.357 e. The molecule has 4 nitrogen and oxygen atoms in total. The molecule has 1 aromatic heterocycles. The number of nitrogens with zero attached hydrogens (tertiary/aromatic N) is 1. The quantitative estimate of drug-likeness (QED) is 0.865. The van der Waals surface area contributed by atoms with Gasteiger partial charge in [-0.15, -0.1) is 0 Å². The summed E-state index contributed by atoms with van der Waals surface area (Å²) in [5.41, 5.74) is 2.17. The van der Waals surface area contributed by atoms with Gasteiger partial charge in [-0.1, -0.05) is 31.0 Å². The van der Waals surface area contributed by atoms with Gasteiger partial charge in [-0.05, 0) is 30.4 Å². The molecule has 2 aromatic rings. The summed E-state index contributed by atoms with van der Waals surface area (Å²) in [6, 6.07) is 10.3. The number of benzene rings is 1. The lowest BCUT2D eigenvalue weighted by Gasteiger charge is -2.20. The Morgan fingerprint density at radius 1 is 1.15 bits per heavy atom. The SMILES string of the molecule is O=C(NCc1cc2ccccc2[nH]1)N1CCCCCC1. The normalized spacial score (nSPS) is 16.1. The zero-order chi connectivity index (χ0) is 13.8.